The van der Waals surface area contributed by atoms with E-state index >= 15 is 0 Å². The molecule has 0 saturated heterocycles. The highest BCUT2D eigenvalue weighted by molar-refractivity contribution is 6.00. The summed E-state index contributed by atoms with van der Waals surface area (Å²) in [5.74, 6) is -1.81. The van der Waals surface area contributed by atoms with Crippen LogP contribution in [-0.2, 0) is 11.3 Å². The van der Waals surface area contributed by atoms with Gasteiger partial charge in [-0.15, -0.1) is 0 Å². The van der Waals surface area contributed by atoms with Crippen molar-refractivity contribution < 1.29 is 24.5 Å². The van der Waals surface area contributed by atoms with E-state index in [-0.39, 0.29) is 5.69 Å². The maximum Gasteiger partial charge on any atom is 0.352 e. The van der Waals surface area contributed by atoms with E-state index in [1.165, 1.54) is 11.7 Å². The third kappa shape index (κ3) is 2.01. The van der Waals surface area contributed by atoms with Crippen molar-refractivity contribution in [3.63, 3.8) is 0 Å². The second-order valence-electron chi connectivity index (χ2n) is 4.12. The van der Waals surface area contributed by atoms with Crippen molar-refractivity contribution in [3.8, 4) is 5.75 Å². The van der Waals surface area contributed by atoms with Crippen molar-refractivity contribution in [1.82, 2.24) is 4.57 Å². The van der Waals surface area contributed by atoms with E-state index in [0.717, 1.165) is 0 Å². The predicted octanol–water partition coefficient (Wildman–Crippen LogP) is 1.74. The van der Waals surface area contributed by atoms with Crippen LogP contribution in [0.15, 0.2) is 18.2 Å². The summed E-state index contributed by atoms with van der Waals surface area (Å²) in [7, 11) is 1.46. The van der Waals surface area contributed by atoms with Crippen LogP contribution >= 0.6 is 0 Å². The Bertz CT molecular complexity index is 671. The molecule has 6 nitrogen and oxygen atoms in total. The molecule has 0 atom stereocenters. The molecule has 1 aromatic carbocycles. The van der Waals surface area contributed by atoms with Gasteiger partial charge in [0.1, 0.15) is 18.0 Å². The highest BCUT2D eigenvalue weighted by Crippen LogP contribution is 2.32. The highest BCUT2D eigenvalue weighted by atomic mass is 16.5. The van der Waals surface area contributed by atoms with E-state index in [9.17, 15) is 14.7 Å². The number of nitrogens with zero attached hydrogens (tertiary/aromatic N) is 1. The quantitative estimate of drug-likeness (QED) is 0.877. The van der Waals surface area contributed by atoms with Gasteiger partial charge in [0.25, 0.3) is 0 Å². The molecule has 2 aromatic rings. The van der Waals surface area contributed by atoms with Gasteiger partial charge in [-0.1, -0.05) is 12.1 Å². The Morgan fingerprint density at radius 2 is 2.00 bits per heavy atom. The van der Waals surface area contributed by atoms with E-state index < -0.39 is 18.5 Å². The molecule has 0 unspecified atom stereocenters. The number of hydrogen-bond acceptors (Lipinski definition) is 3. The number of methoxy groups -OCH3 is 1. The van der Waals surface area contributed by atoms with Crippen molar-refractivity contribution >= 4 is 22.8 Å². The van der Waals surface area contributed by atoms with Crippen molar-refractivity contribution in [2.45, 2.75) is 13.5 Å². The van der Waals surface area contributed by atoms with Gasteiger partial charge in [0.2, 0.25) is 0 Å². The average Bonchev–Trinajstić information content (AvgIpc) is 2.62. The highest BCUT2D eigenvalue weighted by Gasteiger charge is 2.23. The number of hydrogen-bond donors (Lipinski definition) is 2. The van der Waals surface area contributed by atoms with Gasteiger partial charge in [0.15, 0.2) is 0 Å². The number of carbonyl (C=O) groups is 2. The van der Waals surface area contributed by atoms with Crippen LogP contribution in [-0.4, -0.2) is 33.8 Å². The van der Waals surface area contributed by atoms with Crippen molar-refractivity contribution in [1.29, 1.82) is 0 Å². The Morgan fingerprint density at radius 3 is 2.53 bits per heavy atom. The Labute approximate surface area is 108 Å². The summed E-state index contributed by atoms with van der Waals surface area (Å²) < 4.78 is 6.45. The molecule has 0 saturated carbocycles. The zero-order chi connectivity index (χ0) is 14.2. The fourth-order valence-corrected chi connectivity index (χ4v) is 2.28. The molecule has 0 bridgehead atoms. The summed E-state index contributed by atoms with van der Waals surface area (Å²) in [5, 5.41) is 18.9. The number of fused-ring (bicyclic) bond motifs is 1. The summed E-state index contributed by atoms with van der Waals surface area (Å²) >= 11 is 0. The number of ether oxygens (including phenoxy) is 1. The molecule has 1 aromatic heterocycles. The maximum atomic E-state index is 11.3. The molecule has 0 spiro atoms. The Morgan fingerprint density at radius 1 is 1.32 bits per heavy atom. The first-order valence-corrected chi connectivity index (χ1v) is 5.58. The van der Waals surface area contributed by atoms with Gasteiger partial charge in [-0.05, 0) is 18.6 Å². The van der Waals surface area contributed by atoms with Crippen molar-refractivity contribution in [2.75, 3.05) is 7.11 Å². The number of aromatic nitrogens is 1. The Balaban J connectivity index is 2.89. The number of aryl methyl sites for hydroxylation is 1. The Hall–Kier alpha value is -2.50. The molecule has 2 rings (SSSR count). The van der Waals surface area contributed by atoms with E-state index in [2.05, 4.69) is 0 Å². The van der Waals surface area contributed by atoms with Gasteiger partial charge in [0, 0.05) is 5.39 Å². The lowest BCUT2D eigenvalue weighted by Crippen LogP contribution is -2.15. The molecule has 6 heteroatoms. The minimum absolute atomic E-state index is 0.0260. The molecule has 100 valence electrons. The predicted molar refractivity (Wildman–Crippen MR) is 67.8 cm³/mol. The minimum atomic E-state index is -1.16. The molecule has 1 heterocycles. The second kappa shape index (κ2) is 4.64. The number of benzene rings is 1. The molecule has 0 aliphatic carbocycles. The normalized spacial score (nSPS) is 10.6. The third-order valence-corrected chi connectivity index (χ3v) is 3.01. The van der Waals surface area contributed by atoms with E-state index in [4.69, 9.17) is 9.84 Å². The van der Waals surface area contributed by atoms with Crippen LogP contribution in [0.3, 0.4) is 0 Å². The van der Waals surface area contributed by atoms with Crippen LogP contribution in [0.25, 0.3) is 10.9 Å². The van der Waals surface area contributed by atoms with Crippen LogP contribution in [0.5, 0.6) is 5.75 Å². The number of carboxylic acid groups (broad SMARTS) is 2. The van der Waals surface area contributed by atoms with E-state index in [1.54, 1.807) is 25.1 Å². The number of aromatic carboxylic acids is 1. The van der Waals surface area contributed by atoms with Gasteiger partial charge in [0.05, 0.1) is 12.6 Å². The summed E-state index contributed by atoms with van der Waals surface area (Å²) in [6.45, 7) is 1.23. The van der Waals surface area contributed by atoms with E-state index in [0.29, 0.717) is 22.2 Å². The lowest BCUT2D eigenvalue weighted by molar-refractivity contribution is -0.137. The number of aliphatic carboxylic acids is 1. The first-order chi connectivity index (χ1) is 8.97. The molecule has 19 heavy (non-hydrogen) atoms. The molecule has 0 fully saturated rings. The van der Waals surface area contributed by atoms with Crippen LogP contribution in [0.4, 0.5) is 0 Å². The van der Waals surface area contributed by atoms with Crippen molar-refractivity contribution in [2.24, 2.45) is 0 Å². The average molecular weight is 263 g/mol. The Kier molecular flexibility index (Phi) is 3.16. The zero-order valence-electron chi connectivity index (χ0n) is 10.5. The molecular formula is C13H13NO5. The summed E-state index contributed by atoms with van der Waals surface area (Å²) in [6, 6.07) is 5.16. The maximum absolute atomic E-state index is 11.3. The lowest BCUT2D eigenvalue weighted by Gasteiger charge is -2.08. The van der Waals surface area contributed by atoms with Gasteiger partial charge in [-0.2, -0.15) is 0 Å². The van der Waals surface area contributed by atoms with Crippen LogP contribution in [0.1, 0.15) is 16.1 Å². The number of rotatable bonds is 4. The molecule has 0 amide bonds. The summed E-state index contributed by atoms with van der Waals surface area (Å²) in [4.78, 5) is 22.3. The monoisotopic (exact) mass is 263 g/mol. The third-order valence-electron chi connectivity index (χ3n) is 3.01. The second-order valence-corrected chi connectivity index (χ2v) is 4.12. The van der Waals surface area contributed by atoms with Crippen LogP contribution < -0.4 is 4.74 Å². The summed E-state index contributed by atoms with van der Waals surface area (Å²) in [6.07, 6.45) is 0. The minimum Gasteiger partial charge on any atom is -0.495 e. The van der Waals surface area contributed by atoms with Gasteiger partial charge < -0.3 is 19.5 Å². The molecule has 0 aliphatic rings. The molecular weight excluding hydrogens is 250 g/mol. The molecule has 0 aliphatic heterocycles. The van der Waals surface area contributed by atoms with Gasteiger partial charge in [-0.3, -0.25) is 4.79 Å². The molecule has 2 N–H and O–H groups in total. The lowest BCUT2D eigenvalue weighted by atomic mass is 10.1. The topological polar surface area (TPSA) is 88.8 Å². The fraction of sp³-hybridized carbons (Fsp3) is 0.231. The largest absolute Gasteiger partial charge is 0.495 e. The van der Waals surface area contributed by atoms with Gasteiger partial charge in [-0.25, -0.2) is 4.79 Å². The van der Waals surface area contributed by atoms with Crippen LogP contribution in [0.2, 0.25) is 0 Å². The smallest absolute Gasteiger partial charge is 0.352 e. The van der Waals surface area contributed by atoms with Gasteiger partial charge >= 0.3 is 11.9 Å². The first kappa shape index (κ1) is 12.9. The molecule has 0 radical (unpaired) electrons. The summed E-state index contributed by atoms with van der Waals surface area (Å²) in [5.41, 5.74) is 0.992. The standard InChI is InChI=1S/C13H13NO5/c1-7-8-4-3-5-9(19-2)12(8)14(6-10(15)16)11(7)13(17)18/h3-5H,6H2,1-2H3,(H,15,16)(H,17,18). The van der Waals surface area contributed by atoms with Crippen LogP contribution in [0, 0.1) is 6.92 Å². The first-order valence-electron chi connectivity index (χ1n) is 5.58. The van der Waals surface area contributed by atoms with E-state index in [1.807, 2.05) is 0 Å². The zero-order valence-corrected chi connectivity index (χ0v) is 10.5. The number of carboxylic acids is 2. The fourth-order valence-electron chi connectivity index (χ4n) is 2.28. The van der Waals surface area contributed by atoms with Crippen molar-refractivity contribution in [3.05, 3.63) is 29.5 Å². The SMILES string of the molecule is COc1cccc2c(C)c(C(=O)O)n(CC(=O)O)c12. The number of para-hydroxylation sites is 1.